The molecule has 1 heterocycles. The van der Waals surface area contributed by atoms with Crippen molar-refractivity contribution in [3.8, 4) is 17.0 Å². The van der Waals surface area contributed by atoms with Crippen LogP contribution in [-0.2, 0) is 16.1 Å². The summed E-state index contributed by atoms with van der Waals surface area (Å²) in [6.07, 6.45) is 0. The van der Waals surface area contributed by atoms with Crippen molar-refractivity contribution in [2.24, 2.45) is 0 Å². The Morgan fingerprint density at radius 1 is 0.821 bits per heavy atom. The lowest BCUT2D eigenvalue weighted by molar-refractivity contribution is -0.119. The second-order valence-corrected chi connectivity index (χ2v) is 9.31. The Balaban J connectivity index is 1.32. The minimum Gasteiger partial charge on any atom is -0.489 e. The number of amides is 1. The van der Waals surface area contributed by atoms with Crippen molar-refractivity contribution in [1.82, 2.24) is 4.98 Å². The Labute approximate surface area is 227 Å². The van der Waals surface area contributed by atoms with Gasteiger partial charge in [-0.15, -0.1) is 0 Å². The molecule has 5 rings (SSSR count). The summed E-state index contributed by atoms with van der Waals surface area (Å²) in [4.78, 5) is 30.4. The van der Waals surface area contributed by atoms with Crippen LogP contribution in [-0.4, -0.2) is 23.5 Å². The lowest BCUT2D eigenvalue weighted by atomic mass is 10.0. The number of anilines is 1. The standard InChI is InChI=1S/C33H28N2O4/c1-22-12-13-23(2)30(18-22)35-32(36)21-39-33(37)28-19-31(34-29-11-7-6-10-27(28)29)25-14-16-26(17-15-25)38-20-24-8-4-3-5-9-24/h3-19H,20-21H2,1-2H3,(H,35,36). The summed E-state index contributed by atoms with van der Waals surface area (Å²) in [6, 6.07) is 32.4. The molecule has 1 amide bonds. The van der Waals surface area contributed by atoms with Gasteiger partial charge in [-0.05, 0) is 73.0 Å². The number of benzene rings is 4. The molecule has 1 aromatic heterocycles. The number of nitrogens with one attached hydrogen (secondary N) is 1. The third kappa shape index (κ3) is 6.30. The van der Waals surface area contributed by atoms with E-state index in [9.17, 15) is 9.59 Å². The number of hydrogen-bond donors (Lipinski definition) is 1. The molecule has 5 aromatic rings. The van der Waals surface area contributed by atoms with Gasteiger partial charge in [0.05, 0.1) is 16.8 Å². The molecule has 0 unspecified atom stereocenters. The van der Waals surface area contributed by atoms with Gasteiger partial charge in [-0.2, -0.15) is 0 Å². The first-order valence-electron chi connectivity index (χ1n) is 12.7. The van der Waals surface area contributed by atoms with Crippen LogP contribution in [0.5, 0.6) is 5.75 Å². The van der Waals surface area contributed by atoms with Crippen molar-refractivity contribution in [3.63, 3.8) is 0 Å². The average Bonchev–Trinajstić information content (AvgIpc) is 2.97. The van der Waals surface area contributed by atoms with Crippen molar-refractivity contribution in [2.45, 2.75) is 20.5 Å². The van der Waals surface area contributed by atoms with Crippen molar-refractivity contribution in [2.75, 3.05) is 11.9 Å². The molecule has 0 radical (unpaired) electrons. The number of carbonyl (C=O) groups is 2. The fraction of sp³-hybridized carbons (Fsp3) is 0.121. The highest BCUT2D eigenvalue weighted by Gasteiger charge is 2.17. The molecule has 0 saturated heterocycles. The predicted molar refractivity (Wildman–Crippen MR) is 153 cm³/mol. The van der Waals surface area contributed by atoms with Gasteiger partial charge in [-0.25, -0.2) is 9.78 Å². The molecule has 39 heavy (non-hydrogen) atoms. The highest BCUT2D eigenvalue weighted by atomic mass is 16.5. The van der Waals surface area contributed by atoms with Crippen LogP contribution in [0.2, 0.25) is 0 Å². The van der Waals surface area contributed by atoms with E-state index in [1.165, 1.54) is 0 Å². The molecule has 0 bridgehead atoms. The molecular formula is C33H28N2O4. The quantitative estimate of drug-likeness (QED) is 0.227. The Kier molecular flexibility index (Phi) is 7.64. The van der Waals surface area contributed by atoms with E-state index >= 15 is 0 Å². The maximum Gasteiger partial charge on any atom is 0.339 e. The zero-order chi connectivity index (χ0) is 27.2. The average molecular weight is 517 g/mol. The second kappa shape index (κ2) is 11.6. The van der Waals surface area contributed by atoms with Crippen LogP contribution < -0.4 is 10.1 Å². The molecule has 0 fully saturated rings. The summed E-state index contributed by atoms with van der Waals surface area (Å²) >= 11 is 0. The molecule has 6 heteroatoms. The normalized spacial score (nSPS) is 10.7. The number of aryl methyl sites for hydroxylation is 2. The van der Waals surface area contributed by atoms with E-state index in [1.807, 2.05) is 111 Å². The third-order valence-electron chi connectivity index (χ3n) is 6.34. The lowest BCUT2D eigenvalue weighted by Gasteiger charge is -2.12. The molecule has 0 atom stereocenters. The molecular weight excluding hydrogens is 488 g/mol. The van der Waals surface area contributed by atoms with Gasteiger partial charge in [-0.1, -0.05) is 60.7 Å². The minimum atomic E-state index is -0.589. The number of pyridine rings is 1. The monoisotopic (exact) mass is 516 g/mol. The summed E-state index contributed by atoms with van der Waals surface area (Å²) in [5.74, 6) is -0.256. The molecule has 6 nitrogen and oxygen atoms in total. The third-order valence-corrected chi connectivity index (χ3v) is 6.34. The highest BCUT2D eigenvalue weighted by Crippen LogP contribution is 2.27. The molecule has 194 valence electrons. The maximum absolute atomic E-state index is 13.1. The summed E-state index contributed by atoms with van der Waals surface area (Å²) in [7, 11) is 0. The number of aromatic nitrogens is 1. The molecule has 0 aliphatic heterocycles. The minimum absolute atomic E-state index is 0.347. The maximum atomic E-state index is 13.1. The second-order valence-electron chi connectivity index (χ2n) is 9.31. The van der Waals surface area contributed by atoms with Crippen LogP contribution in [0.15, 0.2) is 103 Å². The summed E-state index contributed by atoms with van der Waals surface area (Å²) in [6.45, 7) is 3.94. The van der Waals surface area contributed by atoms with Crippen LogP contribution in [0.4, 0.5) is 5.69 Å². The highest BCUT2D eigenvalue weighted by molar-refractivity contribution is 6.05. The summed E-state index contributed by atoms with van der Waals surface area (Å²) in [5, 5.41) is 3.47. The topological polar surface area (TPSA) is 77.5 Å². The van der Waals surface area contributed by atoms with E-state index < -0.39 is 18.5 Å². The van der Waals surface area contributed by atoms with Gasteiger partial charge in [-0.3, -0.25) is 4.79 Å². The van der Waals surface area contributed by atoms with E-state index in [-0.39, 0.29) is 0 Å². The number of hydrogen-bond acceptors (Lipinski definition) is 5. The number of esters is 1. The van der Waals surface area contributed by atoms with Gasteiger partial charge in [0.15, 0.2) is 6.61 Å². The number of rotatable bonds is 8. The first kappa shape index (κ1) is 25.7. The van der Waals surface area contributed by atoms with Crippen LogP contribution in [0, 0.1) is 13.8 Å². The predicted octanol–water partition coefficient (Wildman–Crippen LogP) is 6.89. The zero-order valence-corrected chi connectivity index (χ0v) is 21.8. The largest absolute Gasteiger partial charge is 0.489 e. The number of ether oxygens (including phenoxy) is 2. The fourth-order valence-electron chi connectivity index (χ4n) is 4.22. The number of fused-ring (bicyclic) bond motifs is 1. The van der Waals surface area contributed by atoms with E-state index in [0.717, 1.165) is 28.0 Å². The lowest BCUT2D eigenvalue weighted by Crippen LogP contribution is -2.21. The van der Waals surface area contributed by atoms with Gasteiger partial charge in [0.2, 0.25) is 0 Å². The molecule has 4 aromatic carbocycles. The van der Waals surface area contributed by atoms with E-state index in [2.05, 4.69) is 5.32 Å². The van der Waals surface area contributed by atoms with Gasteiger partial charge >= 0.3 is 5.97 Å². The Bertz CT molecular complexity index is 1630. The van der Waals surface area contributed by atoms with E-state index in [0.29, 0.717) is 34.5 Å². The van der Waals surface area contributed by atoms with Crippen molar-refractivity contribution in [3.05, 3.63) is 125 Å². The fourth-order valence-corrected chi connectivity index (χ4v) is 4.22. The Morgan fingerprint density at radius 2 is 1.56 bits per heavy atom. The van der Waals surface area contributed by atoms with Gasteiger partial charge in [0, 0.05) is 16.6 Å². The van der Waals surface area contributed by atoms with Crippen LogP contribution in [0.1, 0.15) is 27.0 Å². The number of para-hydroxylation sites is 1. The zero-order valence-electron chi connectivity index (χ0n) is 21.8. The smallest absolute Gasteiger partial charge is 0.339 e. The summed E-state index contributed by atoms with van der Waals surface area (Å²) in [5.41, 5.74) is 6.20. The summed E-state index contributed by atoms with van der Waals surface area (Å²) < 4.78 is 11.3. The van der Waals surface area contributed by atoms with Gasteiger partial charge in [0.1, 0.15) is 12.4 Å². The number of nitrogens with zero attached hydrogens (tertiary/aromatic N) is 1. The number of carbonyl (C=O) groups excluding carboxylic acids is 2. The molecule has 0 spiro atoms. The first-order valence-corrected chi connectivity index (χ1v) is 12.7. The van der Waals surface area contributed by atoms with E-state index in [4.69, 9.17) is 14.5 Å². The van der Waals surface area contributed by atoms with Crippen molar-refractivity contribution < 1.29 is 19.1 Å². The van der Waals surface area contributed by atoms with Gasteiger partial charge < -0.3 is 14.8 Å². The SMILES string of the molecule is Cc1ccc(C)c(NC(=O)COC(=O)c2cc(-c3ccc(OCc4ccccc4)cc3)nc3ccccc23)c1. The Hall–Kier alpha value is -4.97. The molecule has 0 aliphatic carbocycles. The first-order chi connectivity index (χ1) is 19.0. The van der Waals surface area contributed by atoms with Crippen LogP contribution in [0.3, 0.4) is 0 Å². The molecule has 1 N–H and O–H groups in total. The van der Waals surface area contributed by atoms with Crippen LogP contribution >= 0.6 is 0 Å². The van der Waals surface area contributed by atoms with Gasteiger partial charge in [0.25, 0.3) is 5.91 Å². The molecule has 0 aliphatic rings. The molecule has 0 saturated carbocycles. The van der Waals surface area contributed by atoms with E-state index in [1.54, 1.807) is 6.07 Å². The van der Waals surface area contributed by atoms with Crippen molar-refractivity contribution in [1.29, 1.82) is 0 Å². The Morgan fingerprint density at radius 3 is 2.36 bits per heavy atom. The van der Waals surface area contributed by atoms with Crippen LogP contribution in [0.25, 0.3) is 22.2 Å². The van der Waals surface area contributed by atoms with Crippen molar-refractivity contribution >= 4 is 28.5 Å².